The van der Waals surface area contributed by atoms with Crippen LogP contribution in [0, 0.1) is 17.0 Å². The van der Waals surface area contributed by atoms with Gasteiger partial charge in [-0.05, 0) is 92.8 Å². The van der Waals surface area contributed by atoms with Crippen molar-refractivity contribution in [2.45, 2.75) is 117 Å². The number of aromatic nitrogens is 2. The molecular formula is C43H50BN3O6. The number of non-ortho nitro benzene ring substituents is 1. The Hall–Kier alpha value is -4.54. The minimum absolute atomic E-state index is 0.157. The maximum atomic E-state index is 14.4. The predicted octanol–water partition coefficient (Wildman–Crippen LogP) is 10.1. The minimum Gasteiger partial charge on any atom is -0.494 e. The molecule has 1 fully saturated rings. The van der Waals surface area contributed by atoms with E-state index in [4.69, 9.17) is 19.0 Å². The zero-order chi connectivity index (χ0) is 37.5. The van der Waals surface area contributed by atoms with Crippen molar-refractivity contribution in [2.75, 3.05) is 6.61 Å². The number of imidazole rings is 1. The van der Waals surface area contributed by atoms with Crippen LogP contribution in [0.4, 0.5) is 5.69 Å². The topological polar surface area (TPSA) is 105 Å². The van der Waals surface area contributed by atoms with Gasteiger partial charge in [0.25, 0.3) is 11.2 Å². The van der Waals surface area contributed by atoms with Crippen molar-refractivity contribution in [2.24, 2.45) is 0 Å². The summed E-state index contributed by atoms with van der Waals surface area (Å²) in [6, 6.07) is 18.8. The molecule has 0 amide bonds. The molecule has 1 saturated heterocycles. The molecule has 0 N–H and O–H groups in total. The standard InChI is InChI=1S/C43H50BN3O6/c1-7-8-9-10-11-12-13-14-15-16-22-51-31-24-28(2)23-29(25-31)30-26-36-39(37(27-30)47(49)50)45-40-33-20-21-35(44-52-42(3,4)43(5,6)53-44)32-18-17-19-34(38(32)33)41(48)46(36)40/h17-21,23-27H,7-16,22H2,1-6H3. The zero-order valence-corrected chi connectivity index (χ0v) is 31.9. The first-order valence-electron chi connectivity index (χ1n) is 19.3. The molecular weight excluding hydrogens is 665 g/mol. The van der Waals surface area contributed by atoms with Crippen LogP contribution in [0.15, 0.2) is 65.5 Å². The third kappa shape index (κ3) is 6.99. The molecule has 0 spiro atoms. The Morgan fingerprint density at radius 1 is 0.811 bits per heavy atom. The molecule has 10 heteroatoms. The summed E-state index contributed by atoms with van der Waals surface area (Å²) in [6.45, 7) is 12.9. The van der Waals surface area contributed by atoms with E-state index < -0.39 is 23.2 Å². The molecule has 2 aromatic heterocycles. The van der Waals surface area contributed by atoms with Crippen LogP contribution in [0.3, 0.4) is 0 Å². The summed E-state index contributed by atoms with van der Waals surface area (Å²) in [7, 11) is -0.623. The number of aryl methyl sites for hydroxylation is 1. The molecule has 0 radical (unpaired) electrons. The molecule has 0 saturated carbocycles. The van der Waals surface area contributed by atoms with Gasteiger partial charge in [-0.25, -0.2) is 4.98 Å². The van der Waals surface area contributed by atoms with Crippen LogP contribution in [-0.2, 0) is 9.31 Å². The third-order valence-electron chi connectivity index (χ3n) is 11.3. The van der Waals surface area contributed by atoms with E-state index in [1.165, 1.54) is 55.8 Å². The van der Waals surface area contributed by atoms with Crippen molar-refractivity contribution in [1.29, 1.82) is 0 Å². The molecule has 6 aromatic rings. The molecule has 0 aliphatic carbocycles. The molecule has 4 aromatic carbocycles. The highest BCUT2D eigenvalue weighted by atomic mass is 16.7. The van der Waals surface area contributed by atoms with E-state index in [2.05, 4.69) is 6.92 Å². The number of nitro groups is 1. The van der Waals surface area contributed by atoms with E-state index in [1.807, 2.05) is 83.1 Å². The van der Waals surface area contributed by atoms with E-state index in [0.29, 0.717) is 28.7 Å². The van der Waals surface area contributed by atoms with E-state index in [9.17, 15) is 14.9 Å². The number of unbranched alkanes of at least 4 members (excludes halogenated alkanes) is 9. The fourth-order valence-electron chi connectivity index (χ4n) is 7.72. The summed E-state index contributed by atoms with van der Waals surface area (Å²) in [4.78, 5) is 31.4. The van der Waals surface area contributed by atoms with E-state index in [0.717, 1.165) is 51.3 Å². The highest BCUT2D eigenvalue weighted by molar-refractivity contribution is 6.65. The number of hydrogen-bond acceptors (Lipinski definition) is 7. The van der Waals surface area contributed by atoms with Crippen molar-refractivity contribution in [3.05, 3.63) is 86.7 Å². The first-order valence-corrected chi connectivity index (χ1v) is 19.3. The fraction of sp³-hybridized carbons (Fsp3) is 0.442. The van der Waals surface area contributed by atoms with Crippen molar-refractivity contribution >= 4 is 56.5 Å². The summed E-state index contributed by atoms with van der Waals surface area (Å²) >= 11 is 0. The van der Waals surface area contributed by atoms with Gasteiger partial charge in [0.15, 0.2) is 5.52 Å². The lowest BCUT2D eigenvalue weighted by Gasteiger charge is -2.32. The highest BCUT2D eigenvalue weighted by Gasteiger charge is 2.52. The average Bonchev–Trinajstić information content (AvgIpc) is 3.61. The van der Waals surface area contributed by atoms with Crippen molar-refractivity contribution in [3.8, 4) is 16.9 Å². The largest absolute Gasteiger partial charge is 0.495 e. The molecule has 53 heavy (non-hydrogen) atoms. The van der Waals surface area contributed by atoms with Crippen LogP contribution in [0.5, 0.6) is 5.75 Å². The van der Waals surface area contributed by atoms with Crippen molar-refractivity contribution in [3.63, 3.8) is 0 Å². The zero-order valence-electron chi connectivity index (χ0n) is 31.9. The van der Waals surface area contributed by atoms with E-state index in [1.54, 1.807) is 12.1 Å². The Labute approximate surface area is 311 Å². The number of fused-ring (bicyclic) bond motifs is 4. The van der Waals surface area contributed by atoms with Crippen LogP contribution >= 0.6 is 0 Å². The summed E-state index contributed by atoms with van der Waals surface area (Å²) < 4.78 is 20.5. The van der Waals surface area contributed by atoms with Gasteiger partial charge in [0.05, 0.1) is 28.2 Å². The monoisotopic (exact) mass is 715 g/mol. The number of nitrogens with zero attached hydrogens (tertiary/aromatic N) is 3. The Morgan fingerprint density at radius 2 is 1.45 bits per heavy atom. The van der Waals surface area contributed by atoms with Crippen LogP contribution < -0.4 is 15.8 Å². The normalized spacial score (nSPS) is 15.4. The second kappa shape index (κ2) is 14.7. The van der Waals surface area contributed by atoms with Gasteiger partial charge >= 0.3 is 7.12 Å². The maximum Gasteiger partial charge on any atom is 0.495 e. The Kier molecular flexibility index (Phi) is 10.2. The quantitative estimate of drug-likeness (QED) is 0.0451. The number of nitro benzene ring substituents is 1. The first-order chi connectivity index (χ1) is 25.4. The van der Waals surface area contributed by atoms with Gasteiger partial charge in [-0.3, -0.25) is 19.3 Å². The molecule has 1 aliphatic rings. The fourth-order valence-corrected chi connectivity index (χ4v) is 7.72. The minimum atomic E-state index is -0.623. The molecule has 0 atom stereocenters. The second-order valence-electron chi connectivity index (χ2n) is 15.8. The second-order valence-corrected chi connectivity index (χ2v) is 15.8. The Balaban J connectivity index is 1.21. The summed E-state index contributed by atoms with van der Waals surface area (Å²) in [5.74, 6) is 0.725. The molecule has 0 bridgehead atoms. The molecule has 7 rings (SSSR count). The Bertz CT molecular complexity index is 2350. The number of ether oxygens (including phenoxy) is 1. The molecule has 0 unspecified atom stereocenters. The lowest BCUT2D eigenvalue weighted by Crippen LogP contribution is -2.41. The van der Waals surface area contributed by atoms with Crippen LogP contribution in [-0.4, -0.2) is 39.2 Å². The van der Waals surface area contributed by atoms with Crippen LogP contribution in [0.2, 0.25) is 0 Å². The predicted molar refractivity (Wildman–Crippen MR) is 215 cm³/mol. The number of benzene rings is 4. The van der Waals surface area contributed by atoms with E-state index >= 15 is 0 Å². The summed E-state index contributed by atoms with van der Waals surface area (Å²) in [6.07, 6.45) is 12.6. The van der Waals surface area contributed by atoms with Crippen molar-refractivity contribution < 1.29 is 19.0 Å². The summed E-state index contributed by atoms with van der Waals surface area (Å²) in [5, 5.41) is 15.4. The number of hydrogen-bond donors (Lipinski definition) is 0. The first kappa shape index (κ1) is 36.8. The van der Waals surface area contributed by atoms with Crippen molar-refractivity contribution in [1.82, 2.24) is 9.38 Å². The van der Waals surface area contributed by atoms with Gasteiger partial charge in [-0.2, -0.15) is 0 Å². The summed E-state index contributed by atoms with van der Waals surface area (Å²) in [5.41, 5.74) is 2.62. The van der Waals surface area contributed by atoms with Gasteiger partial charge in [-0.15, -0.1) is 0 Å². The Morgan fingerprint density at radius 3 is 2.13 bits per heavy atom. The van der Waals surface area contributed by atoms with E-state index in [-0.39, 0.29) is 16.8 Å². The highest BCUT2D eigenvalue weighted by Crippen LogP contribution is 2.39. The van der Waals surface area contributed by atoms with Gasteiger partial charge in [-0.1, -0.05) is 95.0 Å². The maximum absolute atomic E-state index is 14.4. The number of pyridine rings is 1. The number of rotatable bonds is 15. The third-order valence-corrected chi connectivity index (χ3v) is 11.3. The van der Waals surface area contributed by atoms with Crippen LogP contribution in [0.25, 0.3) is 49.4 Å². The van der Waals surface area contributed by atoms with Gasteiger partial charge in [0.1, 0.15) is 11.4 Å². The average molecular weight is 716 g/mol. The van der Waals surface area contributed by atoms with Gasteiger partial charge in [0, 0.05) is 22.2 Å². The molecule has 9 nitrogen and oxygen atoms in total. The SMILES string of the molecule is CCCCCCCCCCCCOc1cc(C)cc(-c2cc([N+](=O)[O-])c3nc4c5ccc(B6OC(C)(C)C(C)(C)O6)c6cccc(c(=O)n4c3c2)c65)c1. The smallest absolute Gasteiger partial charge is 0.494 e. The molecule has 1 aliphatic heterocycles. The van der Waals surface area contributed by atoms with Crippen LogP contribution in [0.1, 0.15) is 104 Å². The lowest BCUT2D eigenvalue weighted by molar-refractivity contribution is -0.383. The lowest BCUT2D eigenvalue weighted by atomic mass is 9.75. The molecule has 3 heterocycles. The molecule has 276 valence electrons. The van der Waals surface area contributed by atoms with Gasteiger partial charge < -0.3 is 14.0 Å². The van der Waals surface area contributed by atoms with Gasteiger partial charge in [0.2, 0.25) is 0 Å².